The molecule has 1 heterocycles. The van der Waals surface area contributed by atoms with Crippen LogP contribution < -0.4 is 10.1 Å². The quantitative estimate of drug-likeness (QED) is 0.617. The van der Waals surface area contributed by atoms with E-state index in [9.17, 15) is 35.9 Å². The third-order valence-corrected chi connectivity index (χ3v) is 5.80. The molecule has 1 N–H and O–H groups in total. The average molecular weight is 488 g/mol. The van der Waals surface area contributed by atoms with Gasteiger partial charge in [-0.1, -0.05) is 30.3 Å². The molecule has 0 radical (unpaired) electrons. The molecule has 1 aliphatic heterocycles. The Morgan fingerprint density at radius 1 is 1.03 bits per heavy atom. The van der Waals surface area contributed by atoms with E-state index in [1.807, 2.05) is 0 Å². The van der Waals surface area contributed by atoms with Gasteiger partial charge in [-0.15, -0.1) is 0 Å². The molecule has 5 nitrogen and oxygen atoms in total. The van der Waals surface area contributed by atoms with Gasteiger partial charge in [-0.3, -0.25) is 9.59 Å². The van der Waals surface area contributed by atoms with E-state index >= 15 is 0 Å². The molecule has 0 saturated carbocycles. The summed E-state index contributed by atoms with van der Waals surface area (Å²) in [5.74, 6) is -2.40. The lowest BCUT2D eigenvalue weighted by Crippen LogP contribution is -2.57. The van der Waals surface area contributed by atoms with Crippen molar-refractivity contribution in [3.63, 3.8) is 0 Å². The van der Waals surface area contributed by atoms with Crippen molar-refractivity contribution in [2.45, 2.75) is 37.7 Å². The molecule has 1 unspecified atom stereocenters. The molecule has 2 amide bonds. The van der Waals surface area contributed by atoms with Gasteiger partial charge in [0, 0.05) is 20.0 Å². The van der Waals surface area contributed by atoms with Gasteiger partial charge in [0.2, 0.25) is 5.91 Å². The molecule has 0 bridgehead atoms. The number of halogens is 6. The number of methoxy groups -OCH3 is 1. The highest BCUT2D eigenvalue weighted by atomic mass is 19.4. The SMILES string of the molecule is COc1cc(C(F)(F)F)cc(C(F)(F)F)c1C(=O)NC1(c2ccccc2)CCCN(C(C)=O)C1. The Bertz CT molecular complexity index is 1070. The molecule has 1 saturated heterocycles. The summed E-state index contributed by atoms with van der Waals surface area (Å²) in [4.78, 5) is 26.8. The minimum Gasteiger partial charge on any atom is -0.496 e. The van der Waals surface area contributed by atoms with Crippen molar-refractivity contribution in [2.75, 3.05) is 20.2 Å². The Morgan fingerprint density at radius 2 is 1.68 bits per heavy atom. The van der Waals surface area contributed by atoms with Gasteiger partial charge < -0.3 is 15.0 Å². The topological polar surface area (TPSA) is 58.6 Å². The second kappa shape index (κ2) is 9.19. The zero-order valence-corrected chi connectivity index (χ0v) is 18.3. The van der Waals surface area contributed by atoms with Gasteiger partial charge in [-0.25, -0.2) is 0 Å². The summed E-state index contributed by atoms with van der Waals surface area (Å²) in [6.45, 7) is 1.73. The molecule has 3 rings (SSSR count). The lowest BCUT2D eigenvalue weighted by molar-refractivity contribution is -0.143. The third-order valence-electron chi connectivity index (χ3n) is 5.80. The van der Waals surface area contributed by atoms with Gasteiger partial charge in [-0.05, 0) is 30.5 Å². The Kier molecular flexibility index (Phi) is 6.86. The predicted octanol–water partition coefficient (Wildman–Crippen LogP) is 5.00. The predicted molar refractivity (Wildman–Crippen MR) is 110 cm³/mol. The molecule has 34 heavy (non-hydrogen) atoms. The molecular formula is C23H22F6N2O3. The second-order valence-corrected chi connectivity index (χ2v) is 8.04. The maximum absolute atomic E-state index is 13.8. The van der Waals surface area contributed by atoms with Crippen molar-refractivity contribution < 1.29 is 40.7 Å². The van der Waals surface area contributed by atoms with Crippen LogP contribution in [0.2, 0.25) is 0 Å². The summed E-state index contributed by atoms with van der Waals surface area (Å²) in [7, 11) is 0.886. The van der Waals surface area contributed by atoms with E-state index in [4.69, 9.17) is 4.74 Å². The van der Waals surface area contributed by atoms with Crippen LogP contribution >= 0.6 is 0 Å². The molecular weight excluding hydrogens is 466 g/mol. The molecule has 11 heteroatoms. The molecule has 2 aromatic carbocycles. The summed E-state index contributed by atoms with van der Waals surface area (Å²) in [5, 5.41) is 2.60. The first kappa shape index (κ1) is 25.4. The standard InChI is InChI=1S/C23H22F6N2O3/c1-14(32)31-10-6-9-21(13-31,15-7-4-3-5-8-15)30-20(33)19-17(23(27,28)29)11-16(22(24,25)26)12-18(19)34-2/h3-5,7-8,11-12H,6,9-10,13H2,1-2H3,(H,30,33). The lowest BCUT2D eigenvalue weighted by Gasteiger charge is -2.43. The average Bonchev–Trinajstić information content (AvgIpc) is 2.77. The molecule has 0 aromatic heterocycles. The van der Waals surface area contributed by atoms with E-state index in [1.54, 1.807) is 30.3 Å². The van der Waals surface area contributed by atoms with Gasteiger partial charge in [0.15, 0.2) is 0 Å². The van der Waals surface area contributed by atoms with Crippen molar-refractivity contribution in [2.24, 2.45) is 0 Å². The number of ether oxygens (including phenoxy) is 1. The summed E-state index contributed by atoms with van der Waals surface area (Å²) in [5.41, 5.74) is -5.11. The largest absolute Gasteiger partial charge is 0.496 e. The first-order valence-electron chi connectivity index (χ1n) is 10.3. The van der Waals surface area contributed by atoms with Crippen LogP contribution in [0.4, 0.5) is 26.3 Å². The van der Waals surface area contributed by atoms with E-state index < -0.39 is 46.2 Å². The van der Waals surface area contributed by atoms with Crippen LogP contribution in [0.25, 0.3) is 0 Å². The fourth-order valence-electron chi connectivity index (χ4n) is 4.17. The Balaban J connectivity index is 2.14. The molecule has 1 fully saturated rings. The summed E-state index contributed by atoms with van der Waals surface area (Å²) in [6.07, 6.45) is -9.60. The molecule has 2 aromatic rings. The van der Waals surface area contributed by atoms with Crippen LogP contribution in [0.5, 0.6) is 5.75 Å². The monoisotopic (exact) mass is 488 g/mol. The smallest absolute Gasteiger partial charge is 0.417 e. The van der Waals surface area contributed by atoms with Crippen LogP contribution in [0.3, 0.4) is 0 Å². The van der Waals surface area contributed by atoms with Crippen molar-refractivity contribution in [1.82, 2.24) is 10.2 Å². The minimum atomic E-state index is -5.26. The number of alkyl halides is 6. The van der Waals surface area contributed by atoms with Gasteiger partial charge in [-0.2, -0.15) is 26.3 Å². The van der Waals surface area contributed by atoms with E-state index in [1.165, 1.54) is 11.8 Å². The fourth-order valence-corrected chi connectivity index (χ4v) is 4.17. The van der Waals surface area contributed by atoms with Crippen molar-refractivity contribution in [3.05, 3.63) is 64.7 Å². The zero-order valence-electron chi connectivity index (χ0n) is 18.3. The van der Waals surface area contributed by atoms with E-state index in [0.29, 0.717) is 31.0 Å². The van der Waals surface area contributed by atoms with Crippen molar-refractivity contribution >= 4 is 11.8 Å². The number of amides is 2. The van der Waals surface area contributed by atoms with Crippen molar-refractivity contribution in [3.8, 4) is 5.75 Å². The Hall–Kier alpha value is -3.24. The maximum Gasteiger partial charge on any atom is 0.417 e. The summed E-state index contributed by atoms with van der Waals surface area (Å²) in [6, 6.07) is 8.66. The normalized spacial score (nSPS) is 19.0. The highest BCUT2D eigenvalue weighted by Crippen LogP contribution is 2.42. The minimum absolute atomic E-state index is 0.0115. The van der Waals surface area contributed by atoms with Crippen molar-refractivity contribution in [1.29, 1.82) is 0 Å². The number of nitrogens with one attached hydrogen (secondary N) is 1. The second-order valence-electron chi connectivity index (χ2n) is 8.04. The van der Waals surface area contributed by atoms with E-state index in [-0.39, 0.29) is 18.5 Å². The van der Waals surface area contributed by atoms with Gasteiger partial charge in [0.25, 0.3) is 5.91 Å². The zero-order chi connectivity index (χ0) is 25.3. The Labute approximate surface area is 191 Å². The van der Waals surface area contributed by atoms with Gasteiger partial charge >= 0.3 is 12.4 Å². The lowest BCUT2D eigenvalue weighted by atomic mass is 9.81. The van der Waals surface area contributed by atoms with E-state index in [0.717, 1.165) is 7.11 Å². The van der Waals surface area contributed by atoms with E-state index in [2.05, 4.69) is 5.32 Å². The number of likely N-dealkylation sites (tertiary alicyclic amines) is 1. The Morgan fingerprint density at radius 3 is 2.21 bits per heavy atom. The maximum atomic E-state index is 13.8. The van der Waals surface area contributed by atoms with Crippen LogP contribution in [0.15, 0.2) is 42.5 Å². The van der Waals surface area contributed by atoms with Crippen LogP contribution in [0, 0.1) is 0 Å². The number of rotatable bonds is 4. The molecule has 0 spiro atoms. The first-order valence-corrected chi connectivity index (χ1v) is 10.3. The highest BCUT2D eigenvalue weighted by molar-refractivity contribution is 5.99. The third kappa shape index (κ3) is 5.13. The number of hydrogen-bond donors (Lipinski definition) is 1. The number of piperidine rings is 1. The van der Waals surface area contributed by atoms with Crippen LogP contribution in [-0.2, 0) is 22.7 Å². The number of carbonyl (C=O) groups excluding carboxylic acids is 2. The number of carbonyl (C=O) groups is 2. The van der Waals surface area contributed by atoms with Gasteiger partial charge in [0.05, 0.1) is 29.3 Å². The molecule has 1 atom stereocenters. The number of hydrogen-bond acceptors (Lipinski definition) is 3. The fraction of sp³-hybridized carbons (Fsp3) is 0.391. The summed E-state index contributed by atoms with van der Waals surface area (Å²) >= 11 is 0. The molecule has 0 aliphatic carbocycles. The first-order chi connectivity index (χ1) is 15.8. The number of nitrogens with zero attached hydrogens (tertiary/aromatic N) is 1. The molecule has 1 aliphatic rings. The summed E-state index contributed by atoms with van der Waals surface area (Å²) < 4.78 is 85.9. The highest BCUT2D eigenvalue weighted by Gasteiger charge is 2.44. The molecule has 184 valence electrons. The van der Waals surface area contributed by atoms with Gasteiger partial charge in [0.1, 0.15) is 5.75 Å². The van der Waals surface area contributed by atoms with Crippen LogP contribution in [0.1, 0.15) is 46.8 Å². The van der Waals surface area contributed by atoms with Crippen LogP contribution in [-0.4, -0.2) is 36.9 Å². The number of benzene rings is 2.